The largest absolute Gasteiger partial charge is 0.488 e. The summed E-state index contributed by atoms with van der Waals surface area (Å²) in [6.45, 7) is 3.27. The highest BCUT2D eigenvalue weighted by molar-refractivity contribution is 6.52. The van der Waals surface area contributed by atoms with Gasteiger partial charge in [0.2, 0.25) is 0 Å². The Labute approximate surface area is 66.2 Å². The van der Waals surface area contributed by atoms with Gasteiger partial charge in [-0.1, -0.05) is 12.2 Å². The summed E-state index contributed by atoms with van der Waals surface area (Å²) in [4.78, 5) is 10.2. The van der Waals surface area contributed by atoms with Crippen LogP contribution in [0.4, 0.5) is 0 Å². The Morgan fingerprint density at radius 3 is 2.27 bits per heavy atom. The van der Waals surface area contributed by atoms with Crippen molar-refractivity contribution in [2.45, 2.75) is 13.8 Å². The Morgan fingerprint density at radius 1 is 1.45 bits per heavy atom. The molecule has 0 aromatic rings. The standard InChI is InChI=1S/C7H11BO3/c1-3-4-7(8(10)11)6(2)5-9/h3-5,10-11H,1-2H3/b4-3-,7-6-. The first-order valence-electron chi connectivity index (χ1n) is 3.28. The van der Waals surface area contributed by atoms with E-state index in [1.54, 1.807) is 13.0 Å². The van der Waals surface area contributed by atoms with E-state index in [9.17, 15) is 4.79 Å². The fourth-order valence-corrected chi connectivity index (χ4v) is 0.669. The summed E-state index contributed by atoms with van der Waals surface area (Å²) in [6, 6.07) is 0. The van der Waals surface area contributed by atoms with E-state index in [-0.39, 0.29) is 5.47 Å². The first kappa shape index (κ1) is 10.1. The van der Waals surface area contributed by atoms with Crippen molar-refractivity contribution in [2.75, 3.05) is 0 Å². The summed E-state index contributed by atoms with van der Waals surface area (Å²) in [7, 11) is -1.57. The second kappa shape index (κ2) is 4.88. The van der Waals surface area contributed by atoms with Crippen LogP contribution >= 0.6 is 0 Å². The molecule has 4 heteroatoms. The summed E-state index contributed by atoms with van der Waals surface area (Å²) >= 11 is 0. The predicted molar refractivity (Wildman–Crippen MR) is 43.8 cm³/mol. The van der Waals surface area contributed by atoms with Crippen LogP contribution in [0, 0.1) is 0 Å². The third-order valence-electron chi connectivity index (χ3n) is 1.26. The molecule has 3 nitrogen and oxygen atoms in total. The van der Waals surface area contributed by atoms with Gasteiger partial charge < -0.3 is 10.0 Å². The molecule has 0 saturated carbocycles. The number of hydrogen-bond acceptors (Lipinski definition) is 3. The molecule has 11 heavy (non-hydrogen) atoms. The second-order valence-electron chi connectivity index (χ2n) is 2.13. The van der Waals surface area contributed by atoms with Crippen molar-refractivity contribution in [3.05, 3.63) is 23.2 Å². The number of aldehydes is 1. The van der Waals surface area contributed by atoms with Gasteiger partial charge in [0.1, 0.15) is 6.29 Å². The van der Waals surface area contributed by atoms with E-state index >= 15 is 0 Å². The average molecular weight is 154 g/mol. The molecule has 0 aliphatic heterocycles. The van der Waals surface area contributed by atoms with Gasteiger partial charge in [0.25, 0.3) is 0 Å². The summed E-state index contributed by atoms with van der Waals surface area (Å²) in [5, 5.41) is 17.5. The Morgan fingerprint density at radius 2 is 2.00 bits per heavy atom. The summed E-state index contributed by atoms with van der Waals surface area (Å²) < 4.78 is 0. The monoisotopic (exact) mass is 154 g/mol. The molecular weight excluding hydrogens is 143 g/mol. The maximum absolute atomic E-state index is 10.2. The molecule has 0 amide bonds. The van der Waals surface area contributed by atoms with Crippen LogP contribution < -0.4 is 0 Å². The topological polar surface area (TPSA) is 57.5 Å². The molecule has 0 rings (SSSR count). The van der Waals surface area contributed by atoms with Crippen LogP contribution in [0.25, 0.3) is 0 Å². The molecule has 0 aliphatic carbocycles. The highest BCUT2D eigenvalue weighted by Crippen LogP contribution is 2.04. The lowest BCUT2D eigenvalue weighted by atomic mass is 9.76. The molecule has 0 aromatic heterocycles. The zero-order chi connectivity index (χ0) is 8.85. The molecule has 0 unspecified atom stereocenters. The van der Waals surface area contributed by atoms with Crippen molar-refractivity contribution >= 4 is 13.4 Å². The van der Waals surface area contributed by atoms with Crippen molar-refractivity contribution in [1.82, 2.24) is 0 Å². The zero-order valence-electron chi connectivity index (χ0n) is 6.61. The number of allylic oxidation sites excluding steroid dienone is 4. The Kier molecular flexibility index (Phi) is 4.49. The van der Waals surface area contributed by atoms with Gasteiger partial charge in [-0.25, -0.2) is 0 Å². The molecule has 0 radical (unpaired) electrons. The van der Waals surface area contributed by atoms with Gasteiger partial charge in [-0.2, -0.15) is 0 Å². The third kappa shape index (κ3) is 3.16. The fraction of sp³-hybridized carbons (Fsp3) is 0.286. The van der Waals surface area contributed by atoms with E-state index in [0.717, 1.165) is 0 Å². The minimum absolute atomic E-state index is 0.238. The number of carbonyl (C=O) groups excluding carboxylic acids is 1. The van der Waals surface area contributed by atoms with Crippen molar-refractivity contribution in [2.24, 2.45) is 0 Å². The van der Waals surface area contributed by atoms with Gasteiger partial charge in [-0.3, -0.25) is 4.79 Å². The van der Waals surface area contributed by atoms with Crippen molar-refractivity contribution in [3.63, 3.8) is 0 Å². The van der Waals surface area contributed by atoms with Crippen molar-refractivity contribution in [1.29, 1.82) is 0 Å². The van der Waals surface area contributed by atoms with E-state index in [1.807, 2.05) is 0 Å². The SMILES string of the molecule is C/C=C\C(B(O)O)=C(/C)C=O. The summed E-state index contributed by atoms with van der Waals surface area (Å²) in [5.41, 5.74) is 0.570. The molecule has 0 spiro atoms. The van der Waals surface area contributed by atoms with Gasteiger partial charge in [0.05, 0.1) is 0 Å². The number of rotatable bonds is 3. The minimum Gasteiger partial charge on any atom is -0.423 e. The zero-order valence-corrected chi connectivity index (χ0v) is 6.61. The smallest absolute Gasteiger partial charge is 0.423 e. The van der Waals surface area contributed by atoms with E-state index in [4.69, 9.17) is 10.0 Å². The number of hydrogen-bond donors (Lipinski definition) is 2. The van der Waals surface area contributed by atoms with E-state index in [0.29, 0.717) is 11.9 Å². The van der Waals surface area contributed by atoms with Gasteiger partial charge in [-0.05, 0) is 24.9 Å². The maximum atomic E-state index is 10.2. The molecule has 0 saturated heterocycles. The molecule has 0 aliphatic rings. The first-order valence-corrected chi connectivity index (χ1v) is 3.28. The minimum atomic E-state index is -1.57. The highest BCUT2D eigenvalue weighted by Gasteiger charge is 2.13. The third-order valence-corrected chi connectivity index (χ3v) is 1.26. The van der Waals surface area contributed by atoms with Gasteiger partial charge in [0, 0.05) is 0 Å². The maximum Gasteiger partial charge on any atom is 0.488 e. The van der Waals surface area contributed by atoms with Crippen molar-refractivity contribution < 1.29 is 14.8 Å². The van der Waals surface area contributed by atoms with Gasteiger partial charge >= 0.3 is 7.12 Å². The van der Waals surface area contributed by atoms with Crippen LogP contribution in [0.2, 0.25) is 0 Å². The van der Waals surface area contributed by atoms with Gasteiger partial charge in [0.15, 0.2) is 0 Å². The lowest BCUT2D eigenvalue weighted by Gasteiger charge is -2.00. The van der Waals surface area contributed by atoms with Gasteiger partial charge in [-0.15, -0.1) is 0 Å². The Bertz CT molecular complexity index is 194. The van der Waals surface area contributed by atoms with E-state index in [2.05, 4.69) is 0 Å². The van der Waals surface area contributed by atoms with Crippen LogP contribution in [0.1, 0.15) is 13.8 Å². The highest BCUT2D eigenvalue weighted by atomic mass is 16.4. The molecule has 0 aromatic carbocycles. The molecule has 0 bridgehead atoms. The quantitative estimate of drug-likeness (QED) is 0.262. The fourth-order valence-electron chi connectivity index (χ4n) is 0.669. The first-order chi connectivity index (χ1) is 5.13. The normalized spacial score (nSPS) is 13.1. The lowest BCUT2D eigenvalue weighted by molar-refractivity contribution is -0.104. The van der Waals surface area contributed by atoms with Crippen LogP contribution in [0.5, 0.6) is 0 Å². The van der Waals surface area contributed by atoms with Crippen molar-refractivity contribution in [3.8, 4) is 0 Å². The molecule has 0 atom stereocenters. The van der Waals surface area contributed by atoms with Crippen LogP contribution in [-0.2, 0) is 4.79 Å². The molecule has 0 heterocycles. The second-order valence-corrected chi connectivity index (χ2v) is 2.13. The summed E-state index contributed by atoms with van der Waals surface area (Å²) in [5.74, 6) is 0. The predicted octanol–water partition coefficient (Wildman–Crippen LogP) is 0.0899. The molecule has 2 N–H and O–H groups in total. The summed E-state index contributed by atoms with van der Waals surface area (Å²) in [6.07, 6.45) is 3.73. The van der Waals surface area contributed by atoms with E-state index < -0.39 is 7.12 Å². The Hall–Kier alpha value is -0.865. The number of carbonyl (C=O) groups is 1. The molecule has 0 fully saturated rings. The van der Waals surface area contributed by atoms with Crippen LogP contribution in [-0.4, -0.2) is 23.5 Å². The molecular formula is C7H11BO3. The Balaban J connectivity index is 4.71. The lowest BCUT2D eigenvalue weighted by Crippen LogP contribution is -2.15. The van der Waals surface area contributed by atoms with Crippen LogP contribution in [0.15, 0.2) is 23.2 Å². The van der Waals surface area contributed by atoms with E-state index in [1.165, 1.54) is 13.0 Å². The molecule has 60 valence electrons. The van der Waals surface area contributed by atoms with Crippen LogP contribution in [0.3, 0.4) is 0 Å². The average Bonchev–Trinajstić information content (AvgIpc) is 1.98.